The summed E-state index contributed by atoms with van der Waals surface area (Å²) in [6.45, 7) is 3.46. The monoisotopic (exact) mass is 346 g/mol. The van der Waals surface area contributed by atoms with Crippen LogP contribution in [-0.2, 0) is 13.1 Å². The van der Waals surface area contributed by atoms with Crippen molar-refractivity contribution in [1.29, 1.82) is 0 Å². The van der Waals surface area contributed by atoms with Gasteiger partial charge in [0, 0.05) is 49.4 Å². The van der Waals surface area contributed by atoms with Gasteiger partial charge in [0.15, 0.2) is 0 Å². The van der Waals surface area contributed by atoms with E-state index in [1.807, 2.05) is 28.8 Å². The molecule has 0 spiro atoms. The Bertz CT molecular complexity index is 1040. The molecule has 4 heteroatoms. The number of phenols is 1. The quantitative estimate of drug-likeness (QED) is 0.774. The second-order valence-corrected chi connectivity index (χ2v) is 7.68. The summed E-state index contributed by atoms with van der Waals surface area (Å²) in [6, 6.07) is 17.7. The summed E-state index contributed by atoms with van der Waals surface area (Å²) >= 11 is 0. The fraction of sp³-hybridized carbons (Fsp3) is 0.318. The summed E-state index contributed by atoms with van der Waals surface area (Å²) in [4.78, 5) is 14.6. The minimum Gasteiger partial charge on any atom is -0.508 e. The van der Waals surface area contributed by atoms with Crippen molar-refractivity contribution in [3.63, 3.8) is 0 Å². The average molecular weight is 346 g/mol. The van der Waals surface area contributed by atoms with Crippen LogP contribution in [0.1, 0.15) is 23.6 Å². The van der Waals surface area contributed by atoms with E-state index < -0.39 is 0 Å². The van der Waals surface area contributed by atoms with Gasteiger partial charge in [0.25, 0.3) is 5.56 Å². The maximum Gasteiger partial charge on any atom is 0.250 e. The first-order valence-electron chi connectivity index (χ1n) is 9.31. The van der Waals surface area contributed by atoms with Crippen molar-refractivity contribution in [2.75, 3.05) is 13.1 Å². The molecule has 26 heavy (non-hydrogen) atoms. The molecule has 0 amide bonds. The predicted molar refractivity (Wildman–Crippen MR) is 102 cm³/mol. The number of phenolic OH excluding ortho intramolecular Hbond substituents is 1. The minimum absolute atomic E-state index is 0.123. The van der Waals surface area contributed by atoms with E-state index >= 15 is 0 Å². The van der Waals surface area contributed by atoms with Crippen molar-refractivity contribution in [2.24, 2.45) is 5.92 Å². The molecule has 0 saturated carbocycles. The molecule has 0 radical (unpaired) electrons. The fourth-order valence-corrected chi connectivity index (χ4v) is 4.84. The molecule has 2 aliphatic rings. The molecule has 4 nitrogen and oxygen atoms in total. The summed E-state index contributed by atoms with van der Waals surface area (Å²) in [5.74, 6) is 1.27. The molecule has 132 valence electrons. The van der Waals surface area contributed by atoms with Gasteiger partial charge in [-0.05, 0) is 35.2 Å². The first-order chi connectivity index (χ1) is 12.7. The van der Waals surface area contributed by atoms with Gasteiger partial charge in [0.2, 0.25) is 0 Å². The summed E-state index contributed by atoms with van der Waals surface area (Å²) in [6.07, 6.45) is 1.15. The van der Waals surface area contributed by atoms with Crippen LogP contribution in [0, 0.1) is 5.92 Å². The molecule has 2 atom stereocenters. The fourth-order valence-electron chi connectivity index (χ4n) is 4.84. The van der Waals surface area contributed by atoms with Crippen LogP contribution in [0.15, 0.2) is 59.4 Å². The third kappa shape index (κ3) is 2.53. The van der Waals surface area contributed by atoms with Crippen LogP contribution < -0.4 is 5.56 Å². The Morgan fingerprint density at radius 1 is 0.962 bits per heavy atom. The number of nitrogens with zero attached hydrogens (tertiary/aromatic N) is 2. The third-order valence-electron chi connectivity index (χ3n) is 5.95. The third-order valence-corrected chi connectivity index (χ3v) is 5.95. The van der Waals surface area contributed by atoms with Crippen molar-refractivity contribution in [2.45, 2.75) is 25.4 Å². The van der Waals surface area contributed by atoms with E-state index in [-0.39, 0.29) is 5.56 Å². The smallest absolute Gasteiger partial charge is 0.250 e. The standard InChI is InChI=1S/C22H22N2O2/c25-21-9-8-16-4-1-2-5-18(16)19(21)14-23-11-15-10-17(13-23)20-6-3-7-22(26)24(20)12-15/h1-9,15,17,25H,10-14H2. The van der Waals surface area contributed by atoms with E-state index in [0.717, 1.165) is 48.9 Å². The van der Waals surface area contributed by atoms with E-state index in [2.05, 4.69) is 23.1 Å². The molecule has 3 aromatic rings. The van der Waals surface area contributed by atoms with Gasteiger partial charge in [0.1, 0.15) is 5.75 Å². The number of benzene rings is 2. The van der Waals surface area contributed by atoms with E-state index in [0.29, 0.717) is 17.6 Å². The lowest BCUT2D eigenvalue weighted by molar-refractivity contribution is 0.114. The number of hydrogen-bond acceptors (Lipinski definition) is 3. The van der Waals surface area contributed by atoms with Crippen molar-refractivity contribution in [3.05, 3.63) is 76.2 Å². The Hall–Kier alpha value is -2.59. The zero-order valence-electron chi connectivity index (χ0n) is 14.6. The maximum atomic E-state index is 12.2. The van der Waals surface area contributed by atoms with Gasteiger partial charge in [-0.15, -0.1) is 0 Å². The Morgan fingerprint density at radius 3 is 2.77 bits per heavy atom. The molecule has 2 aromatic carbocycles. The van der Waals surface area contributed by atoms with Crippen molar-refractivity contribution in [1.82, 2.24) is 9.47 Å². The van der Waals surface area contributed by atoms with Crippen LogP contribution in [0.5, 0.6) is 5.75 Å². The lowest BCUT2D eigenvalue weighted by Gasteiger charge is -2.43. The van der Waals surface area contributed by atoms with Gasteiger partial charge in [0.05, 0.1) is 0 Å². The van der Waals surface area contributed by atoms with Gasteiger partial charge in [-0.2, -0.15) is 0 Å². The number of hydrogen-bond donors (Lipinski definition) is 1. The summed E-state index contributed by atoms with van der Waals surface area (Å²) in [5.41, 5.74) is 2.30. The highest BCUT2D eigenvalue weighted by Crippen LogP contribution is 2.37. The van der Waals surface area contributed by atoms with E-state index in [9.17, 15) is 9.90 Å². The second kappa shape index (κ2) is 5.99. The van der Waals surface area contributed by atoms with Gasteiger partial charge in [-0.3, -0.25) is 9.69 Å². The highest BCUT2D eigenvalue weighted by molar-refractivity contribution is 5.87. The number of pyridine rings is 1. The van der Waals surface area contributed by atoms with Crippen LogP contribution in [0.2, 0.25) is 0 Å². The highest BCUT2D eigenvalue weighted by Gasteiger charge is 2.34. The van der Waals surface area contributed by atoms with Gasteiger partial charge in [-0.1, -0.05) is 36.4 Å². The number of piperidine rings is 1. The van der Waals surface area contributed by atoms with Crippen LogP contribution in [0.4, 0.5) is 0 Å². The van der Waals surface area contributed by atoms with Crippen LogP contribution in [0.3, 0.4) is 0 Å². The molecule has 1 fully saturated rings. The largest absolute Gasteiger partial charge is 0.508 e. The molecule has 1 saturated heterocycles. The second-order valence-electron chi connectivity index (χ2n) is 7.68. The molecule has 2 bridgehead atoms. The molecule has 5 rings (SSSR count). The Balaban J connectivity index is 1.47. The van der Waals surface area contributed by atoms with Crippen LogP contribution in [0.25, 0.3) is 10.8 Å². The number of fused-ring (bicyclic) bond motifs is 5. The summed E-state index contributed by atoms with van der Waals surface area (Å²) in [5, 5.41) is 12.8. The van der Waals surface area contributed by atoms with Gasteiger partial charge < -0.3 is 9.67 Å². The lowest BCUT2D eigenvalue weighted by atomic mass is 9.83. The SMILES string of the molecule is O=c1cccc2n1CC1CC2CN(Cc2c(O)ccc3ccccc23)C1. The molecule has 3 heterocycles. The van der Waals surface area contributed by atoms with E-state index in [1.54, 1.807) is 12.1 Å². The number of aromatic nitrogens is 1. The summed E-state index contributed by atoms with van der Waals surface area (Å²) in [7, 11) is 0. The van der Waals surface area contributed by atoms with Crippen molar-refractivity contribution >= 4 is 10.8 Å². The van der Waals surface area contributed by atoms with Gasteiger partial charge in [-0.25, -0.2) is 0 Å². The number of rotatable bonds is 2. The Labute approximate surface area is 152 Å². The first kappa shape index (κ1) is 15.6. The molecular formula is C22H22N2O2. The average Bonchev–Trinajstić information content (AvgIpc) is 2.65. The van der Waals surface area contributed by atoms with E-state index in [1.165, 1.54) is 5.69 Å². The molecular weight excluding hydrogens is 324 g/mol. The topological polar surface area (TPSA) is 45.5 Å². The molecule has 1 N–H and O–H groups in total. The number of likely N-dealkylation sites (tertiary alicyclic amines) is 1. The lowest BCUT2D eigenvalue weighted by Crippen LogP contribution is -2.46. The zero-order valence-corrected chi connectivity index (χ0v) is 14.6. The Morgan fingerprint density at radius 2 is 1.85 bits per heavy atom. The van der Waals surface area contributed by atoms with Gasteiger partial charge >= 0.3 is 0 Å². The molecule has 2 aliphatic heterocycles. The molecule has 2 unspecified atom stereocenters. The normalized spacial score (nSPS) is 22.3. The summed E-state index contributed by atoms with van der Waals surface area (Å²) < 4.78 is 1.96. The van der Waals surface area contributed by atoms with Crippen molar-refractivity contribution < 1.29 is 5.11 Å². The van der Waals surface area contributed by atoms with Crippen LogP contribution in [-0.4, -0.2) is 27.7 Å². The van der Waals surface area contributed by atoms with E-state index in [4.69, 9.17) is 0 Å². The Kier molecular flexibility index (Phi) is 3.61. The number of aromatic hydroxyl groups is 1. The first-order valence-corrected chi connectivity index (χ1v) is 9.31. The molecule has 1 aromatic heterocycles. The van der Waals surface area contributed by atoms with Crippen molar-refractivity contribution in [3.8, 4) is 5.75 Å². The zero-order chi connectivity index (χ0) is 17.7. The maximum absolute atomic E-state index is 12.2. The van der Waals surface area contributed by atoms with Crippen LogP contribution >= 0.6 is 0 Å². The minimum atomic E-state index is 0.123. The molecule has 0 aliphatic carbocycles. The predicted octanol–water partition coefficient (Wildman–Crippen LogP) is 3.33. The highest BCUT2D eigenvalue weighted by atomic mass is 16.3.